The first kappa shape index (κ1) is 17.4. The molecule has 132 valence electrons. The third-order valence-corrected chi connectivity index (χ3v) is 4.23. The summed E-state index contributed by atoms with van der Waals surface area (Å²) in [5, 5.41) is 2.68. The molecule has 1 fully saturated rings. The van der Waals surface area contributed by atoms with Crippen LogP contribution in [0.5, 0.6) is 5.75 Å². The van der Waals surface area contributed by atoms with E-state index in [0.29, 0.717) is 18.0 Å². The van der Waals surface area contributed by atoms with Gasteiger partial charge in [0.05, 0.1) is 11.8 Å². The smallest absolute Gasteiger partial charge is 0.258 e. The number of amides is 1. The van der Waals surface area contributed by atoms with E-state index in [1.54, 1.807) is 18.2 Å². The molecule has 1 saturated heterocycles. The number of nitrogens with one attached hydrogen (secondary N) is 1. The van der Waals surface area contributed by atoms with Crippen LogP contribution in [-0.4, -0.2) is 42.0 Å². The maximum atomic E-state index is 13.6. The van der Waals surface area contributed by atoms with Crippen LogP contribution in [-0.2, 0) is 0 Å². The molecule has 0 aliphatic carbocycles. The molecule has 6 heteroatoms. The predicted octanol–water partition coefficient (Wildman–Crippen LogP) is 3.34. The molecule has 1 aliphatic heterocycles. The molecule has 0 bridgehead atoms. The summed E-state index contributed by atoms with van der Waals surface area (Å²) in [7, 11) is 0. The average Bonchev–Trinajstić information content (AvgIpc) is 2.63. The average molecular weight is 343 g/mol. The van der Waals surface area contributed by atoms with Crippen molar-refractivity contribution in [2.45, 2.75) is 19.3 Å². The molecule has 0 radical (unpaired) electrons. The highest BCUT2D eigenvalue weighted by Gasteiger charge is 2.12. The number of carbonyl (C=O) groups excluding carboxylic acids is 1. The summed E-state index contributed by atoms with van der Waals surface area (Å²) in [6.07, 6.45) is 6.24. The minimum atomic E-state index is -0.645. The van der Waals surface area contributed by atoms with Gasteiger partial charge in [0.15, 0.2) is 5.82 Å². The van der Waals surface area contributed by atoms with Gasteiger partial charge in [-0.3, -0.25) is 14.7 Å². The minimum Gasteiger partial charge on any atom is -0.492 e. The minimum absolute atomic E-state index is 0.0357. The third kappa shape index (κ3) is 5.00. The number of hydrogen-bond acceptors (Lipinski definition) is 4. The first-order chi connectivity index (χ1) is 12.2. The number of anilines is 1. The number of halogens is 1. The third-order valence-electron chi connectivity index (χ3n) is 4.23. The maximum absolute atomic E-state index is 13.6. The first-order valence-corrected chi connectivity index (χ1v) is 8.58. The Balaban J connectivity index is 1.54. The van der Waals surface area contributed by atoms with Gasteiger partial charge in [-0.25, -0.2) is 4.39 Å². The van der Waals surface area contributed by atoms with E-state index in [-0.39, 0.29) is 5.56 Å². The van der Waals surface area contributed by atoms with Crippen LogP contribution in [0.15, 0.2) is 42.7 Å². The van der Waals surface area contributed by atoms with Crippen molar-refractivity contribution in [1.82, 2.24) is 9.88 Å². The number of pyridine rings is 1. The molecule has 0 unspecified atom stereocenters. The predicted molar refractivity (Wildman–Crippen MR) is 94.4 cm³/mol. The molecule has 2 aromatic rings. The summed E-state index contributed by atoms with van der Waals surface area (Å²) in [6, 6.07) is 8.49. The van der Waals surface area contributed by atoms with Crippen LogP contribution in [0, 0.1) is 5.82 Å². The summed E-state index contributed by atoms with van der Waals surface area (Å²) in [5.41, 5.74) is 0.531. The molecular formula is C19H22FN3O2. The fourth-order valence-electron chi connectivity index (χ4n) is 2.90. The van der Waals surface area contributed by atoms with Crippen LogP contribution in [0.3, 0.4) is 0 Å². The summed E-state index contributed by atoms with van der Waals surface area (Å²) in [5.74, 6) is -0.468. The first-order valence-electron chi connectivity index (χ1n) is 8.58. The van der Waals surface area contributed by atoms with Crippen LogP contribution < -0.4 is 10.1 Å². The summed E-state index contributed by atoms with van der Waals surface area (Å²) < 4.78 is 19.4. The molecule has 1 aromatic heterocycles. The molecule has 2 heterocycles. The Morgan fingerprint density at radius 2 is 2.08 bits per heavy atom. The normalized spacial score (nSPS) is 14.9. The van der Waals surface area contributed by atoms with E-state index >= 15 is 0 Å². The largest absolute Gasteiger partial charge is 0.492 e. The Morgan fingerprint density at radius 3 is 2.88 bits per heavy atom. The maximum Gasteiger partial charge on any atom is 0.258 e. The molecule has 25 heavy (non-hydrogen) atoms. The van der Waals surface area contributed by atoms with E-state index in [9.17, 15) is 9.18 Å². The van der Waals surface area contributed by atoms with E-state index in [4.69, 9.17) is 4.74 Å². The van der Waals surface area contributed by atoms with Crippen molar-refractivity contribution in [2.24, 2.45) is 0 Å². The molecule has 1 aromatic carbocycles. The second-order valence-electron chi connectivity index (χ2n) is 6.09. The molecule has 3 rings (SSSR count). The number of benzene rings is 1. The monoisotopic (exact) mass is 343 g/mol. The zero-order chi connectivity index (χ0) is 17.5. The zero-order valence-electron chi connectivity index (χ0n) is 14.1. The van der Waals surface area contributed by atoms with Crippen molar-refractivity contribution in [3.8, 4) is 5.75 Å². The van der Waals surface area contributed by atoms with E-state index in [2.05, 4.69) is 15.2 Å². The highest BCUT2D eigenvalue weighted by molar-refractivity contribution is 6.04. The second kappa shape index (κ2) is 8.58. The van der Waals surface area contributed by atoms with Gasteiger partial charge < -0.3 is 10.1 Å². The Labute approximate surface area is 146 Å². The van der Waals surface area contributed by atoms with E-state index in [1.807, 2.05) is 6.07 Å². The number of nitrogens with zero attached hydrogens (tertiary/aromatic N) is 2. The number of aromatic nitrogens is 1. The van der Waals surface area contributed by atoms with Gasteiger partial charge in [-0.15, -0.1) is 0 Å². The van der Waals surface area contributed by atoms with Crippen molar-refractivity contribution in [3.05, 3.63) is 54.1 Å². The van der Waals surface area contributed by atoms with Crippen molar-refractivity contribution in [2.75, 3.05) is 31.6 Å². The van der Waals surface area contributed by atoms with Crippen molar-refractivity contribution in [1.29, 1.82) is 0 Å². The standard InChI is InChI=1S/C19H22FN3O2/c20-18-14-21-8-7-17(18)19(24)22-15-5-4-6-16(13-15)25-12-11-23-9-2-1-3-10-23/h4-8,13-14H,1-3,9-12H2,(H,22,24). The van der Waals surface area contributed by atoms with Crippen molar-refractivity contribution < 1.29 is 13.9 Å². The quantitative estimate of drug-likeness (QED) is 0.874. The Morgan fingerprint density at radius 1 is 1.24 bits per heavy atom. The molecule has 0 atom stereocenters. The Hall–Kier alpha value is -2.47. The van der Waals surface area contributed by atoms with Gasteiger partial charge in [0.25, 0.3) is 5.91 Å². The lowest BCUT2D eigenvalue weighted by Crippen LogP contribution is -2.33. The van der Waals surface area contributed by atoms with Crippen LogP contribution in [0.25, 0.3) is 0 Å². The zero-order valence-corrected chi connectivity index (χ0v) is 14.1. The lowest BCUT2D eigenvalue weighted by Gasteiger charge is -2.26. The lowest BCUT2D eigenvalue weighted by atomic mass is 10.1. The SMILES string of the molecule is O=C(Nc1cccc(OCCN2CCCCC2)c1)c1ccncc1F. The van der Waals surface area contributed by atoms with E-state index in [0.717, 1.165) is 25.8 Å². The van der Waals surface area contributed by atoms with Crippen LogP contribution >= 0.6 is 0 Å². The van der Waals surface area contributed by atoms with Gasteiger partial charge in [-0.2, -0.15) is 0 Å². The molecular weight excluding hydrogens is 321 g/mol. The lowest BCUT2D eigenvalue weighted by molar-refractivity contribution is 0.102. The molecule has 1 N–H and O–H groups in total. The van der Waals surface area contributed by atoms with Gasteiger partial charge in [-0.1, -0.05) is 12.5 Å². The molecule has 5 nitrogen and oxygen atoms in total. The fourth-order valence-corrected chi connectivity index (χ4v) is 2.90. The topological polar surface area (TPSA) is 54.5 Å². The number of rotatable bonds is 6. The summed E-state index contributed by atoms with van der Waals surface area (Å²) in [6.45, 7) is 3.78. The van der Waals surface area contributed by atoms with Crippen LogP contribution in [0.2, 0.25) is 0 Å². The number of likely N-dealkylation sites (tertiary alicyclic amines) is 1. The Bertz CT molecular complexity index is 717. The number of piperidine rings is 1. The fraction of sp³-hybridized carbons (Fsp3) is 0.368. The van der Waals surface area contributed by atoms with Gasteiger partial charge >= 0.3 is 0 Å². The summed E-state index contributed by atoms with van der Waals surface area (Å²) >= 11 is 0. The summed E-state index contributed by atoms with van der Waals surface area (Å²) in [4.78, 5) is 18.2. The van der Waals surface area contributed by atoms with Crippen LogP contribution in [0.1, 0.15) is 29.6 Å². The number of carbonyl (C=O) groups is 1. The molecule has 1 aliphatic rings. The van der Waals surface area contributed by atoms with E-state index in [1.165, 1.54) is 31.5 Å². The highest BCUT2D eigenvalue weighted by Crippen LogP contribution is 2.19. The van der Waals surface area contributed by atoms with Gasteiger partial charge in [0.1, 0.15) is 12.4 Å². The molecule has 1 amide bonds. The van der Waals surface area contributed by atoms with Crippen molar-refractivity contribution >= 4 is 11.6 Å². The van der Waals surface area contributed by atoms with Crippen LogP contribution in [0.4, 0.5) is 10.1 Å². The highest BCUT2D eigenvalue weighted by atomic mass is 19.1. The Kier molecular flexibility index (Phi) is 5.95. The van der Waals surface area contributed by atoms with Crippen molar-refractivity contribution in [3.63, 3.8) is 0 Å². The molecule has 0 spiro atoms. The van der Waals surface area contributed by atoms with Gasteiger partial charge in [0, 0.05) is 24.5 Å². The van der Waals surface area contributed by atoms with Gasteiger partial charge in [0.2, 0.25) is 0 Å². The molecule has 0 saturated carbocycles. The van der Waals surface area contributed by atoms with E-state index < -0.39 is 11.7 Å². The second-order valence-corrected chi connectivity index (χ2v) is 6.09. The number of ether oxygens (including phenoxy) is 1. The number of hydrogen-bond donors (Lipinski definition) is 1. The van der Waals surface area contributed by atoms with Gasteiger partial charge in [-0.05, 0) is 44.1 Å².